The van der Waals surface area contributed by atoms with E-state index < -0.39 is 21.7 Å². The van der Waals surface area contributed by atoms with E-state index in [0.717, 1.165) is 0 Å². The van der Waals surface area contributed by atoms with Crippen LogP contribution in [0.3, 0.4) is 0 Å². The first-order valence-corrected chi connectivity index (χ1v) is 11.3. The highest BCUT2D eigenvalue weighted by Gasteiger charge is 2.25. The molecule has 0 aliphatic rings. The number of anilines is 1. The van der Waals surface area contributed by atoms with Gasteiger partial charge in [-0.1, -0.05) is 16.1 Å². The van der Waals surface area contributed by atoms with E-state index in [2.05, 4.69) is 5.32 Å². The molecule has 32 heavy (non-hydrogen) atoms. The molecule has 1 N–H and O–H groups in total. The minimum atomic E-state index is -4.05. The second kappa shape index (κ2) is 9.43. The van der Waals surface area contributed by atoms with Crippen molar-refractivity contribution < 1.29 is 22.5 Å². The number of hydrogen-bond acceptors (Lipinski definition) is 7. The number of aromatic nitrogens is 1. The summed E-state index contributed by atoms with van der Waals surface area (Å²) in [6.45, 7) is 1.05. The number of rotatable bonds is 8. The fourth-order valence-electron chi connectivity index (χ4n) is 2.93. The Hall–Kier alpha value is -2.70. The normalized spacial score (nSPS) is 12.1. The van der Waals surface area contributed by atoms with Gasteiger partial charge in [0.2, 0.25) is 0 Å². The molecule has 1 aromatic heterocycles. The quantitative estimate of drug-likeness (QED) is 0.490. The maximum absolute atomic E-state index is 12.8. The SMILES string of the molecule is CON(C)S(=O)(=O)c1cc(C(=O)Nc2ccc3oc(=O)n(CCN(C)C)c3c2)ccc1Cl. The fourth-order valence-corrected chi connectivity index (χ4v) is 4.41. The van der Waals surface area contributed by atoms with Crippen LogP contribution in [0.25, 0.3) is 11.1 Å². The maximum Gasteiger partial charge on any atom is 0.419 e. The summed E-state index contributed by atoms with van der Waals surface area (Å²) in [6, 6.07) is 8.71. The van der Waals surface area contributed by atoms with Crippen molar-refractivity contribution in [1.29, 1.82) is 0 Å². The van der Waals surface area contributed by atoms with Crippen LogP contribution in [0.2, 0.25) is 5.02 Å². The number of fused-ring (bicyclic) bond motifs is 1. The summed E-state index contributed by atoms with van der Waals surface area (Å²) < 4.78 is 32.5. The Morgan fingerprint density at radius 1 is 1.19 bits per heavy atom. The van der Waals surface area contributed by atoms with E-state index in [0.29, 0.717) is 34.3 Å². The van der Waals surface area contributed by atoms with Gasteiger partial charge in [0.1, 0.15) is 4.90 Å². The van der Waals surface area contributed by atoms with Crippen LogP contribution in [0.5, 0.6) is 0 Å². The molecule has 0 spiro atoms. The summed E-state index contributed by atoms with van der Waals surface area (Å²) in [6.07, 6.45) is 0. The molecule has 0 atom stereocenters. The van der Waals surface area contributed by atoms with E-state index in [1.165, 1.54) is 36.9 Å². The number of sulfonamides is 1. The van der Waals surface area contributed by atoms with E-state index in [4.69, 9.17) is 20.9 Å². The third kappa shape index (κ3) is 4.87. The fraction of sp³-hybridized carbons (Fsp3) is 0.300. The van der Waals surface area contributed by atoms with Crippen LogP contribution < -0.4 is 11.1 Å². The van der Waals surface area contributed by atoms with Gasteiger partial charge >= 0.3 is 5.76 Å². The van der Waals surface area contributed by atoms with Gasteiger partial charge in [-0.05, 0) is 50.5 Å². The van der Waals surface area contributed by atoms with Gasteiger partial charge in [0.25, 0.3) is 15.9 Å². The van der Waals surface area contributed by atoms with E-state index in [1.807, 2.05) is 19.0 Å². The van der Waals surface area contributed by atoms with E-state index in [9.17, 15) is 18.0 Å². The van der Waals surface area contributed by atoms with Crippen LogP contribution in [-0.4, -0.2) is 63.1 Å². The molecule has 3 rings (SSSR count). The zero-order valence-corrected chi connectivity index (χ0v) is 19.5. The molecule has 0 aliphatic carbocycles. The van der Waals surface area contributed by atoms with Crippen molar-refractivity contribution >= 4 is 44.3 Å². The van der Waals surface area contributed by atoms with Crippen molar-refractivity contribution in [3.63, 3.8) is 0 Å². The zero-order valence-electron chi connectivity index (χ0n) is 18.0. The molecule has 1 heterocycles. The summed E-state index contributed by atoms with van der Waals surface area (Å²) in [7, 11) is 2.15. The van der Waals surface area contributed by atoms with E-state index in [1.54, 1.807) is 18.2 Å². The first-order valence-electron chi connectivity index (χ1n) is 9.46. The molecular formula is C20H23ClN4O6S. The molecule has 12 heteroatoms. The van der Waals surface area contributed by atoms with Crippen LogP contribution in [0.4, 0.5) is 5.69 Å². The summed E-state index contributed by atoms with van der Waals surface area (Å²) in [4.78, 5) is 31.4. The Morgan fingerprint density at radius 3 is 2.56 bits per heavy atom. The van der Waals surface area contributed by atoms with Crippen molar-refractivity contribution in [3.05, 3.63) is 57.5 Å². The monoisotopic (exact) mass is 482 g/mol. The van der Waals surface area contributed by atoms with E-state index in [-0.39, 0.29) is 15.5 Å². The summed E-state index contributed by atoms with van der Waals surface area (Å²) >= 11 is 6.04. The number of carbonyl (C=O) groups is 1. The maximum atomic E-state index is 12.8. The molecule has 0 saturated heterocycles. The number of benzene rings is 2. The molecule has 10 nitrogen and oxygen atoms in total. The van der Waals surface area contributed by atoms with Crippen molar-refractivity contribution in [2.24, 2.45) is 0 Å². The Bertz CT molecular complexity index is 1320. The molecule has 0 fully saturated rings. The second-order valence-corrected chi connectivity index (χ2v) is 9.51. The van der Waals surface area contributed by atoms with Gasteiger partial charge in [-0.3, -0.25) is 14.2 Å². The van der Waals surface area contributed by atoms with Gasteiger partial charge in [0.15, 0.2) is 5.58 Å². The lowest BCUT2D eigenvalue weighted by Gasteiger charge is -2.16. The number of hydroxylamine groups is 1. The summed E-state index contributed by atoms with van der Waals surface area (Å²) in [5.41, 5.74) is 1.43. The number of hydrogen-bond donors (Lipinski definition) is 1. The van der Waals surface area contributed by atoms with Crippen LogP contribution in [0, 0.1) is 0 Å². The summed E-state index contributed by atoms with van der Waals surface area (Å²) in [5, 5.41) is 2.66. The molecule has 1 amide bonds. The van der Waals surface area contributed by atoms with Gasteiger partial charge in [-0.25, -0.2) is 13.2 Å². The number of nitrogens with one attached hydrogen (secondary N) is 1. The van der Waals surface area contributed by atoms with Crippen LogP contribution >= 0.6 is 11.6 Å². The third-order valence-electron chi connectivity index (χ3n) is 4.76. The molecule has 0 unspecified atom stereocenters. The molecule has 0 radical (unpaired) electrons. The van der Waals surface area contributed by atoms with Gasteiger partial charge in [-0.2, -0.15) is 0 Å². The Morgan fingerprint density at radius 2 is 1.91 bits per heavy atom. The molecule has 0 bridgehead atoms. The highest BCUT2D eigenvalue weighted by Crippen LogP contribution is 2.26. The minimum Gasteiger partial charge on any atom is -0.408 e. The lowest BCUT2D eigenvalue weighted by Crippen LogP contribution is -2.26. The van der Waals surface area contributed by atoms with Gasteiger partial charge in [0, 0.05) is 31.4 Å². The number of halogens is 1. The number of amides is 1. The standard InChI is InChI=1S/C20H23ClN4O6S/c1-23(2)9-10-25-16-12-14(6-8-17(16)31-20(25)27)22-19(26)13-5-7-15(21)18(11-13)32(28,29)24(3)30-4/h5-8,11-12H,9-10H2,1-4H3,(H,22,26). The lowest BCUT2D eigenvalue weighted by molar-refractivity contribution is -0.0258. The first-order chi connectivity index (χ1) is 15.0. The highest BCUT2D eigenvalue weighted by atomic mass is 35.5. The van der Waals surface area contributed by atoms with Crippen molar-refractivity contribution in [2.75, 3.05) is 40.1 Å². The Labute approximate surface area is 189 Å². The molecule has 172 valence electrons. The number of nitrogens with zero attached hydrogens (tertiary/aromatic N) is 3. The molecule has 3 aromatic rings. The smallest absolute Gasteiger partial charge is 0.408 e. The lowest BCUT2D eigenvalue weighted by atomic mass is 10.2. The molecule has 0 aliphatic heterocycles. The molecule has 2 aromatic carbocycles. The van der Waals surface area contributed by atoms with Crippen molar-refractivity contribution in [3.8, 4) is 0 Å². The third-order valence-corrected chi connectivity index (χ3v) is 6.92. The molecular weight excluding hydrogens is 460 g/mol. The van der Waals surface area contributed by atoms with Crippen LogP contribution in [0.1, 0.15) is 10.4 Å². The predicted molar refractivity (Wildman–Crippen MR) is 120 cm³/mol. The van der Waals surface area contributed by atoms with Crippen LogP contribution in [-0.2, 0) is 21.4 Å². The van der Waals surface area contributed by atoms with Crippen molar-refractivity contribution in [1.82, 2.24) is 13.9 Å². The minimum absolute atomic E-state index is 0.0461. The largest absolute Gasteiger partial charge is 0.419 e. The average Bonchev–Trinajstić information content (AvgIpc) is 3.05. The Kier molecular flexibility index (Phi) is 7.06. The topological polar surface area (TPSA) is 114 Å². The van der Waals surface area contributed by atoms with Gasteiger partial charge in [0.05, 0.1) is 17.6 Å². The average molecular weight is 483 g/mol. The van der Waals surface area contributed by atoms with Crippen molar-refractivity contribution in [2.45, 2.75) is 11.4 Å². The predicted octanol–water partition coefficient (Wildman–Crippen LogP) is 2.24. The van der Waals surface area contributed by atoms with Gasteiger partial charge in [-0.15, -0.1) is 0 Å². The van der Waals surface area contributed by atoms with Crippen LogP contribution in [0.15, 0.2) is 50.5 Å². The number of oxazole rings is 1. The number of carbonyl (C=O) groups excluding carboxylic acids is 1. The van der Waals surface area contributed by atoms with Gasteiger partial charge < -0.3 is 14.6 Å². The van der Waals surface area contributed by atoms with E-state index >= 15 is 0 Å². The first kappa shape index (κ1) is 24.0. The Balaban J connectivity index is 1.91. The second-order valence-electron chi connectivity index (χ2n) is 7.20. The zero-order chi connectivity index (χ0) is 23.6. The summed E-state index contributed by atoms with van der Waals surface area (Å²) in [5.74, 6) is -1.04. The highest BCUT2D eigenvalue weighted by molar-refractivity contribution is 7.89. The number of likely N-dealkylation sites (N-methyl/N-ethyl adjacent to an activating group) is 1. The molecule has 0 saturated carbocycles.